The minimum Gasteiger partial charge on any atom is -0.464 e. The minimum atomic E-state index is 0.827. The Labute approximate surface area is 61.4 Å². The van der Waals surface area contributed by atoms with Gasteiger partial charge < -0.3 is 9.32 Å². The Hall–Kier alpha value is -0.760. The maximum absolute atomic E-state index is 5.30. The van der Waals surface area contributed by atoms with E-state index in [-0.39, 0.29) is 0 Å². The zero-order valence-electron chi connectivity index (χ0n) is 6.64. The Morgan fingerprint density at radius 2 is 2.30 bits per heavy atom. The average Bonchev–Trinajstić information content (AvgIpc) is 2.13. The van der Waals surface area contributed by atoms with Crippen molar-refractivity contribution in [2.75, 3.05) is 14.1 Å². The predicted octanol–water partition coefficient (Wildman–Crippen LogP) is 1.45. The van der Waals surface area contributed by atoms with Crippen molar-refractivity contribution in [2.45, 2.75) is 13.5 Å². The van der Waals surface area contributed by atoms with Gasteiger partial charge in [0, 0.05) is 6.07 Å². The third-order valence-corrected chi connectivity index (χ3v) is 1.18. The lowest BCUT2D eigenvalue weighted by Crippen LogP contribution is -2.09. The molecule has 0 atom stereocenters. The van der Waals surface area contributed by atoms with Crippen LogP contribution in [0.15, 0.2) is 10.5 Å². The molecule has 0 saturated heterocycles. The summed E-state index contributed by atoms with van der Waals surface area (Å²) in [7, 11) is 4.01. The fraction of sp³-hybridized carbons (Fsp3) is 0.500. The van der Waals surface area contributed by atoms with Gasteiger partial charge in [-0.05, 0) is 27.1 Å². The van der Waals surface area contributed by atoms with E-state index in [0.717, 1.165) is 18.1 Å². The molecule has 0 N–H and O–H groups in total. The van der Waals surface area contributed by atoms with Crippen LogP contribution in [-0.2, 0) is 6.54 Å². The molecular weight excluding hydrogens is 126 g/mol. The quantitative estimate of drug-likeness (QED) is 0.615. The van der Waals surface area contributed by atoms with Gasteiger partial charge in [0.15, 0.2) is 0 Å². The van der Waals surface area contributed by atoms with Crippen LogP contribution in [0.3, 0.4) is 0 Å². The molecule has 10 heavy (non-hydrogen) atoms. The number of aryl methyl sites for hydroxylation is 1. The standard InChI is InChI=1S/C8H12NO/c1-7-4-5-8(10-7)6-9(2)3/h4H,6H2,1-3H3. The van der Waals surface area contributed by atoms with Crippen molar-refractivity contribution in [2.24, 2.45) is 0 Å². The summed E-state index contributed by atoms with van der Waals surface area (Å²) in [5.74, 6) is 1.83. The summed E-state index contributed by atoms with van der Waals surface area (Å²) in [5.41, 5.74) is 0. The summed E-state index contributed by atoms with van der Waals surface area (Å²) in [4.78, 5) is 2.05. The third kappa shape index (κ3) is 1.88. The molecule has 0 bridgehead atoms. The van der Waals surface area contributed by atoms with E-state index in [1.54, 1.807) is 0 Å². The van der Waals surface area contributed by atoms with Gasteiger partial charge in [-0.25, -0.2) is 0 Å². The highest BCUT2D eigenvalue weighted by Gasteiger charge is 1.98. The van der Waals surface area contributed by atoms with Gasteiger partial charge in [0.05, 0.1) is 6.54 Å². The van der Waals surface area contributed by atoms with E-state index in [2.05, 4.69) is 11.0 Å². The average molecular weight is 138 g/mol. The van der Waals surface area contributed by atoms with Crippen molar-refractivity contribution >= 4 is 0 Å². The minimum absolute atomic E-state index is 0.827. The highest BCUT2D eigenvalue weighted by Crippen LogP contribution is 2.06. The second kappa shape index (κ2) is 2.88. The lowest BCUT2D eigenvalue weighted by atomic mass is 10.4. The molecule has 1 aromatic rings. The topological polar surface area (TPSA) is 16.4 Å². The van der Waals surface area contributed by atoms with E-state index in [4.69, 9.17) is 4.42 Å². The van der Waals surface area contributed by atoms with Crippen LogP contribution >= 0.6 is 0 Å². The van der Waals surface area contributed by atoms with Gasteiger partial charge in [-0.1, -0.05) is 0 Å². The molecule has 0 saturated carbocycles. The normalized spacial score (nSPS) is 10.8. The smallest absolute Gasteiger partial charge is 0.126 e. The fourth-order valence-electron chi connectivity index (χ4n) is 0.801. The van der Waals surface area contributed by atoms with Crippen molar-refractivity contribution in [1.82, 2.24) is 4.90 Å². The van der Waals surface area contributed by atoms with Crippen molar-refractivity contribution in [1.29, 1.82) is 0 Å². The molecule has 2 nitrogen and oxygen atoms in total. The zero-order chi connectivity index (χ0) is 7.56. The summed E-state index contributed by atoms with van der Waals surface area (Å²) in [6, 6.07) is 4.89. The van der Waals surface area contributed by atoms with Crippen LogP contribution in [0.1, 0.15) is 11.5 Å². The van der Waals surface area contributed by atoms with E-state index < -0.39 is 0 Å². The predicted molar refractivity (Wildman–Crippen MR) is 39.7 cm³/mol. The molecule has 0 amide bonds. The molecule has 1 heterocycles. The number of hydrogen-bond donors (Lipinski definition) is 0. The molecule has 1 aromatic heterocycles. The Morgan fingerprint density at radius 1 is 1.60 bits per heavy atom. The van der Waals surface area contributed by atoms with Crippen LogP contribution in [0.2, 0.25) is 0 Å². The molecular formula is C8H12NO. The largest absolute Gasteiger partial charge is 0.464 e. The summed E-state index contributed by atoms with van der Waals surface area (Å²) >= 11 is 0. The van der Waals surface area contributed by atoms with Crippen LogP contribution in [-0.4, -0.2) is 19.0 Å². The zero-order valence-corrected chi connectivity index (χ0v) is 6.64. The van der Waals surface area contributed by atoms with E-state index >= 15 is 0 Å². The molecule has 0 fully saturated rings. The second-order valence-corrected chi connectivity index (χ2v) is 2.66. The van der Waals surface area contributed by atoms with Gasteiger partial charge in [-0.15, -0.1) is 0 Å². The van der Waals surface area contributed by atoms with Gasteiger partial charge in [0.1, 0.15) is 11.5 Å². The first kappa shape index (κ1) is 7.35. The Morgan fingerprint density at radius 3 is 2.70 bits per heavy atom. The Balaban J connectivity index is 2.58. The SMILES string of the molecule is Cc1c[c]c(CN(C)C)o1. The van der Waals surface area contributed by atoms with E-state index in [1.807, 2.05) is 27.1 Å². The molecule has 0 aromatic carbocycles. The molecule has 0 aliphatic heterocycles. The van der Waals surface area contributed by atoms with Gasteiger partial charge in [0.2, 0.25) is 0 Å². The fourth-order valence-corrected chi connectivity index (χ4v) is 0.801. The number of nitrogens with zero attached hydrogens (tertiary/aromatic N) is 1. The maximum atomic E-state index is 5.30. The molecule has 1 rings (SSSR count). The summed E-state index contributed by atoms with van der Waals surface area (Å²) in [5, 5.41) is 0. The maximum Gasteiger partial charge on any atom is 0.126 e. The van der Waals surface area contributed by atoms with Crippen LogP contribution in [0.25, 0.3) is 0 Å². The van der Waals surface area contributed by atoms with Crippen LogP contribution < -0.4 is 0 Å². The lowest BCUT2D eigenvalue weighted by Gasteiger charge is -2.04. The highest BCUT2D eigenvalue weighted by molar-refractivity contribution is 5.02. The second-order valence-electron chi connectivity index (χ2n) is 2.66. The van der Waals surface area contributed by atoms with Crippen molar-refractivity contribution < 1.29 is 4.42 Å². The van der Waals surface area contributed by atoms with Crippen molar-refractivity contribution in [3.8, 4) is 0 Å². The summed E-state index contributed by atoms with van der Waals surface area (Å²) < 4.78 is 5.30. The van der Waals surface area contributed by atoms with Crippen molar-refractivity contribution in [3.05, 3.63) is 23.7 Å². The van der Waals surface area contributed by atoms with Gasteiger partial charge in [0.25, 0.3) is 0 Å². The Bertz CT molecular complexity index is 203. The lowest BCUT2D eigenvalue weighted by molar-refractivity contribution is 0.345. The van der Waals surface area contributed by atoms with E-state index in [9.17, 15) is 0 Å². The molecule has 0 aliphatic carbocycles. The Kier molecular flexibility index (Phi) is 2.12. The first-order valence-electron chi connectivity index (χ1n) is 3.30. The first-order valence-corrected chi connectivity index (χ1v) is 3.30. The van der Waals surface area contributed by atoms with Crippen LogP contribution in [0.5, 0.6) is 0 Å². The molecule has 2 heteroatoms. The number of furan rings is 1. The van der Waals surface area contributed by atoms with Crippen LogP contribution in [0, 0.1) is 13.0 Å². The molecule has 0 aliphatic rings. The summed E-state index contributed by atoms with van der Waals surface area (Å²) in [6.07, 6.45) is 0. The molecule has 55 valence electrons. The molecule has 0 spiro atoms. The van der Waals surface area contributed by atoms with Crippen LogP contribution in [0.4, 0.5) is 0 Å². The number of hydrogen-bond acceptors (Lipinski definition) is 2. The van der Waals surface area contributed by atoms with Gasteiger partial charge in [-0.2, -0.15) is 0 Å². The monoisotopic (exact) mass is 138 g/mol. The van der Waals surface area contributed by atoms with Crippen molar-refractivity contribution in [3.63, 3.8) is 0 Å². The molecule has 0 unspecified atom stereocenters. The number of rotatable bonds is 2. The molecule has 1 radical (unpaired) electrons. The van der Waals surface area contributed by atoms with E-state index in [1.165, 1.54) is 0 Å². The first-order chi connectivity index (χ1) is 4.68. The third-order valence-electron chi connectivity index (χ3n) is 1.18. The summed E-state index contributed by atoms with van der Waals surface area (Å²) in [6.45, 7) is 2.75. The highest BCUT2D eigenvalue weighted by atomic mass is 16.3. The van der Waals surface area contributed by atoms with E-state index in [0.29, 0.717) is 0 Å². The van der Waals surface area contributed by atoms with Gasteiger partial charge >= 0.3 is 0 Å². The van der Waals surface area contributed by atoms with Gasteiger partial charge in [-0.3, -0.25) is 0 Å².